The Morgan fingerprint density at radius 3 is 2.83 bits per heavy atom. The molecule has 0 aromatic carbocycles. The van der Waals surface area contributed by atoms with Crippen molar-refractivity contribution in [1.82, 2.24) is 14.3 Å². The summed E-state index contributed by atoms with van der Waals surface area (Å²) in [4.78, 5) is 30.9. The third-order valence-corrected chi connectivity index (χ3v) is 5.09. The van der Waals surface area contributed by atoms with E-state index in [4.69, 9.17) is 11.5 Å². The summed E-state index contributed by atoms with van der Waals surface area (Å²) in [6.07, 6.45) is 2.53. The molecule has 24 heavy (non-hydrogen) atoms. The monoisotopic (exact) mass is 413 g/mol. The standard InChI is InChI=1S/C13H16BrN7O2S/c1-6-9(14)13(24-21-6)20-12-10(11(16)23)17-4-8(19-12)18-7(5-22)2-3-15/h4-5,7H,2-3,15H2,1H3,(H2,16,23)(H2,18,19,20). The smallest absolute Gasteiger partial charge is 0.271 e. The van der Waals surface area contributed by atoms with Crippen LogP contribution in [0.1, 0.15) is 22.6 Å². The van der Waals surface area contributed by atoms with Crippen molar-refractivity contribution in [2.24, 2.45) is 11.5 Å². The Morgan fingerprint density at radius 1 is 1.54 bits per heavy atom. The summed E-state index contributed by atoms with van der Waals surface area (Å²) >= 11 is 4.61. The number of aryl methyl sites for hydroxylation is 1. The van der Waals surface area contributed by atoms with Crippen molar-refractivity contribution in [2.45, 2.75) is 19.4 Å². The summed E-state index contributed by atoms with van der Waals surface area (Å²) in [6.45, 7) is 2.19. The maximum absolute atomic E-state index is 11.6. The highest BCUT2D eigenvalue weighted by atomic mass is 79.9. The molecule has 1 atom stereocenters. The molecule has 0 aliphatic carbocycles. The number of nitrogens with zero attached hydrogens (tertiary/aromatic N) is 3. The molecule has 128 valence electrons. The molecule has 1 amide bonds. The van der Waals surface area contributed by atoms with E-state index in [2.05, 4.69) is 40.9 Å². The third-order valence-electron chi connectivity index (χ3n) is 3.00. The summed E-state index contributed by atoms with van der Waals surface area (Å²) in [7, 11) is 0. The van der Waals surface area contributed by atoms with E-state index in [1.807, 2.05) is 6.92 Å². The molecule has 0 saturated carbocycles. The molecule has 2 heterocycles. The summed E-state index contributed by atoms with van der Waals surface area (Å²) in [5.74, 6) is -0.220. The van der Waals surface area contributed by atoms with Crippen LogP contribution in [0.4, 0.5) is 16.6 Å². The number of hydrogen-bond donors (Lipinski definition) is 4. The number of carbonyl (C=O) groups excluding carboxylic acids is 2. The number of anilines is 3. The highest BCUT2D eigenvalue weighted by molar-refractivity contribution is 9.10. The fraction of sp³-hybridized carbons (Fsp3) is 0.308. The Balaban J connectivity index is 2.32. The van der Waals surface area contributed by atoms with Gasteiger partial charge in [0.05, 0.1) is 22.4 Å². The summed E-state index contributed by atoms with van der Waals surface area (Å²) in [5.41, 5.74) is 11.6. The van der Waals surface area contributed by atoms with Gasteiger partial charge in [-0.15, -0.1) is 0 Å². The average Bonchev–Trinajstić information content (AvgIpc) is 2.86. The van der Waals surface area contributed by atoms with Gasteiger partial charge in [0.2, 0.25) is 0 Å². The second kappa shape index (κ2) is 8.13. The average molecular weight is 414 g/mol. The number of amides is 1. The molecule has 0 spiro atoms. The Labute approximate surface area is 150 Å². The molecule has 11 heteroatoms. The Morgan fingerprint density at radius 2 is 2.29 bits per heavy atom. The van der Waals surface area contributed by atoms with Gasteiger partial charge in [-0.25, -0.2) is 9.97 Å². The molecule has 6 N–H and O–H groups in total. The topological polar surface area (TPSA) is 149 Å². The van der Waals surface area contributed by atoms with Gasteiger partial charge < -0.3 is 26.9 Å². The lowest BCUT2D eigenvalue weighted by Crippen LogP contribution is -2.25. The van der Waals surface area contributed by atoms with Crippen LogP contribution < -0.4 is 22.1 Å². The van der Waals surface area contributed by atoms with E-state index in [1.54, 1.807) is 0 Å². The highest BCUT2D eigenvalue weighted by Crippen LogP contribution is 2.32. The normalized spacial score (nSPS) is 11.8. The van der Waals surface area contributed by atoms with Crippen LogP contribution in [0.15, 0.2) is 10.7 Å². The van der Waals surface area contributed by atoms with Crippen LogP contribution in [-0.4, -0.2) is 39.1 Å². The summed E-state index contributed by atoms with van der Waals surface area (Å²) in [5, 5.41) is 6.55. The van der Waals surface area contributed by atoms with Crippen LogP contribution >= 0.6 is 27.5 Å². The molecule has 1 unspecified atom stereocenters. The first-order valence-corrected chi connectivity index (χ1v) is 8.50. The van der Waals surface area contributed by atoms with Crippen molar-refractivity contribution in [3.63, 3.8) is 0 Å². The molecule has 2 aromatic heterocycles. The lowest BCUT2D eigenvalue weighted by molar-refractivity contribution is -0.108. The van der Waals surface area contributed by atoms with E-state index >= 15 is 0 Å². The lowest BCUT2D eigenvalue weighted by atomic mass is 10.2. The van der Waals surface area contributed by atoms with Crippen LogP contribution in [0.25, 0.3) is 0 Å². The zero-order valence-corrected chi connectivity index (χ0v) is 15.1. The molecular weight excluding hydrogens is 398 g/mol. The number of primary amides is 1. The van der Waals surface area contributed by atoms with Crippen LogP contribution in [-0.2, 0) is 4.79 Å². The number of nitrogens with one attached hydrogen (secondary N) is 2. The van der Waals surface area contributed by atoms with Gasteiger partial charge in [0.1, 0.15) is 17.1 Å². The Bertz CT molecular complexity index is 752. The predicted molar refractivity (Wildman–Crippen MR) is 95.5 cm³/mol. The molecule has 0 aliphatic rings. The fourth-order valence-electron chi connectivity index (χ4n) is 1.81. The molecule has 0 radical (unpaired) electrons. The van der Waals surface area contributed by atoms with Crippen LogP contribution in [0.2, 0.25) is 0 Å². The summed E-state index contributed by atoms with van der Waals surface area (Å²) in [6, 6.07) is -0.492. The van der Waals surface area contributed by atoms with Gasteiger partial charge in [0.25, 0.3) is 5.91 Å². The van der Waals surface area contributed by atoms with Gasteiger partial charge in [-0.05, 0) is 47.4 Å². The number of aromatic nitrogens is 3. The Hall–Kier alpha value is -2.11. The molecule has 0 fully saturated rings. The van der Waals surface area contributed by atoms with Gasteiger partial charge in [0.15, 0.2) is 11.5 Å². The van der Waals surface area contributed by atoms with Crippen LogP contribution in [0.3, 0.4) is 0 Å². The summed E-state index contributed by atoms with van der Waals surface area (Å²) < 4.78 is 4.95. The Kier molecular flexibility index (Phi) is 6.17. The first kappa shape index (κ1) is 18.2. The second-order valence-electron chi connectivity index (χ2n) is 4.82. The minimum Gasteiger partial charge on any atom is -0.364 e. The van der Waals surface area contributed by atoms with Gasteiger partial charge in [0, 0.05) is 0 Å². The number of rotatable bonds is 8. The number of aldehydes is 1. The van der Waals surface area contributed by atoms with E-state index in [0.717, 1.165) is 16.5 Å². The van der Waals surface area contributed by atoms with Crippen molar-refractivity contribution >= 4 is 56.3 Å². The van der Waals surface area contributed by atoms with E-state index in [1.165, 1.54) is 17.7 Å². The predicted octanol–water partition coefficient (Wildman–Crippen LogP) is 1.17. The quantitative estimate of drug-likeness (QED) is 0.471. The van der Waals surface area contributed by atoms with E-state index < -0.39 is 11.9 Å². The second-order valence-corrected chi connectivity index (χ2v) is 6.38. The SMILES string of the molecule is Cc1nsc(Nc2nc(NC(C=O)CCN)cnc2C(N)=O)c1Br. The van der Waals surface area contributed by atoms with Gasteiger partial charge in [-0.3, -0.25) is 4.79 Å². The molecular formula is C13H16BrN7O2S. The van der Waals surface area contributed by atoms with Gasteiger partial charge >= 0.3 is 0 Å². The number of nitrogens with two attached hydrogens (primary N) is 2. The molecule has 0 saturated heterocycles. The highest BCUT2D eigenvalue weighted by Gasteiger charge is 2.17. The molecule has 2 rings (SSSR count). The maximum Gasteiger partial charge on any atom is 0.271 e. The fourth-order valence-corrected chi connectivity index (χ4v) is 3.03. The molecule has 0 aliphatic heterocycles. The first-order valence-electron chi connectivity index (χ1n) is 6.93. The van der Waals surface area contributed by atoms with E-state index in [-0.39, 0.29) is 11.5 Å². The van der Waals surface area contributed by atoms with Crippen molar-refractivity contribution < 1.29 is 9.59 Å². The minimum absolute atomic E-state index is 0.0139. The van der Waals surface area contributed by atoms with Gasteiger partial charge in [-0.2, -0.15) is 4.37 Å². The van der Waals surface area contributed by atoms with E-state index in [9.17, 15) is 9.59 Å². The van der Waals surface area contributed by atoms with Crippen LogP contribution in [0.5, 0.6) is 0 Å². The molecule has 0 bridgehead atoms. The first-order chi connectivity index (χ1) is 11.5. The molecule has 9 nitrogen and oxygen atoms in total. The zero-order chi connectivity index (χ0) is 17.7. The third kappa shape index (κ3) is 4.24. The largest absolute Gasteiger partial charge is 0.364 e. The van der Waals surface area contributed by atoms with Crippen molar-refractivity contribution in [3.05, 3.63) is 22.1 Å². The number of halogens is 1. The number of carbonyl (C=O) groups is 2. The lowest BCUT2D eigenvalue weighted by Gasteiger charge is -2.14. The molecule has 2 aromatic rings. The number of hydrogen-bond acceptors (Lipinski definition) is 9. The maximum atomic E-state index is 11.6. The van der Waals surface area contributed by atoms with Crippen molar-refractivity contribution in [1.29, 1.82) is 0 Å². The van der Waals surface area contributed by atoms with E-state index in [0.29, 0.717) is 23.8 Å². The van der Waals surface area contributed by atoms with Crippen LogP contribution in [0, 0.1) is 6.92 Å². The minimum atomic E-state index is -0.720. The zero-order valence-electron chi connectivity index (χ0n) is 12.7. The van der Waals surface area contributed by atoms with Gasteiger partial charge in [-0.1, -0.05) is 0 Å². The van der Waals surface area contributed by atoms with Crippen molar-refractivity contribution in [2.75, 3.05) is 17.2 Å². The van der Waals surface area contributed by atoms with Crippen molar-refractivity contribution in [3.8, 4) is 0 Å².